The highest BCUT2D eigenvalue weighted by Crippen LogP contribution is 2.43. The van der Waals surface area contributed by atoms with Crippen LogP contribution in [0.25, 0.3) is 22.0 Å². The van der Waals surface area contributed by atoms with Crippen molar-refractivity contribution in [3.63, 3.8) is 0 Å². The van der Waals surface area contributed by atoms with Crippen LogP contribution < -0.4 is 9.47 Å². The standard InChI is InChI=1S/C18H18ClNO4/c1-23-14-7-15(24-2)17(13(22)9-21)18-16(14)12(8-20-18)10-3-5-11(19)6-4-10/h3-8,13,20-22H,9H2,1-2H3. The van der Waals surface area contributed by atoms with Crippen LogP contribution in [0.15, 0.2) is 36.5 Å². The van der Waals surface area contributed by atoms with E-state index in [1.165, 1.54) is 7.11 Å². The number of benzene rings is 2. The molecule has 1 unspecified atom stereocenters. The van der Waals surface area contributed by atoms with Crippen LogP contribution in [-0.4, -0.2) is 36.0 Å². The van der Waals surface area contributed by atoms with Gasteiger partial charge in [0, 0.05) is 33.8 Å². The van der Waals surface area contributed by atoms with Crippen LogP contribution in [0.4, 0.5) is 0 Å². The zero-order valence-electron chi connectivity index (χ0n) is 13.3. The molecule has 6 heteroatoms. The van der Waals surface area contributed by atoms with E-state index in [4.69, 9.17) is 21.1 Å². The summed E-state index contributed by atoms with van der Waals surface area (Å²) in [5.74, 6) is 1.06. The molecule has 0 saturated heterocycles. The number of hydrogen-bond donors (Lipinski definition) is 3. The number of ether oxygens (including phenoxy) is 2. The van der Waals surface area contributed by atoms with Gasteiger partial charge in [-0.1, -0.05) is 23.7 Å². The lowest BCUT2D eigenvalue weighted by Gasteiger charge is -2.16. The minimum atomic E-state index is -1.06. The summed E-state index contributed by atoms with van der Waals surface area (Å²) >= 11 is 5.97. The second-order valence-corrected chi connectivity index (χ2v) is 5.79. The van der Waals surface area contributed by atoms with Gasteiger partial charge in [-0.05, 0) is 17.7 Å². The minimum absolute atomic E-state index is 0.410. The van der Waals surface area contributed by atoms with E-state index in [1.54, 1.807) is 13.2 Å². The molecule has 3 aromatic rings. The van der Waals surface area contributed by atoms with Crippen molar-refractivity contribution >= 4 is 22.5 Å². The van der Waals surface area contributed by atoms with Gasteiger partial charge >= 0.3 is 0 Å². The van der Waals surface area contributed by atoms with E-state index in [1.807, 2.05) is 30.5 Å². The van der Waals surface area contributed by atoms with Gasteiger partial charge in [-0.15, -0.1) is 0 Å². The van der Waals surface area contributed by atoms with Crippen LogP contribution in [0.5, 0.6) is 11.5 Å². The molecule has 0 spiro atoms. The molecular formula is C18H18ClNO4. The molecule has 0 aliphatic rings. The molecule has 0 fully saturated rings. The SMILES string of the molecule is COc1cc(OC)c2c(-c3ccc(Cl)cc3)c[nH]c2c1C(O)CO. The van der Waals surface area contributed by atoms with Crippen molar-refractivity contribution < 1.29 is 19.7 Å². The highest BCUT2D eigenvalue weighted by Gasteiger charge is 2.23. The quantitative estimate of drug-likeness (QED) is 0.660. The van der Waals surface area contributed by atoms with Crippen molar-refractivity contribution in [2.75, 3.05) is 20.8 Å². The maximum absolute atomic E-state index is 10.2. The highest BCUT2D eigenvalue weighted by atomic mass is 35.5. The van der Waals surface area contributed by atoms with Gasteiger partial charge in [-0.25, -0.2) is 0 Å². The van der Waals surface area contributed by atoms with Crippen LogP contribution >= 0.6 is 11.6 Å². The van der Waals surface area contributed by atoms with Gasteiger partial charge in [0.25, 0.3) is 0 Å². The summed E-state index contributed by atoms with van der Waals surface area (Å²) in [5, 5.41) is 21.1. The first-order valence-electron chi connectivity index (χ1n) is 7.41. The molecule has 3 rings (SSSR count). The number of aromatic nitrogens is 1. The van der Waals surface area contributed by atoms with Gasteiger partial charge in [-0.2, -0.15) is 0 Å². The Bertz CT molecular complexity index is 858. The summed E-state index contributed by atoms with van der Waals surface area (Å²) in [6.45, 7) is -0.410. The molecule has 24 heavy (non-hydrogen) atoms. The lowest BCUT2D eigenvalue weighted by Crippen LogP contribution is -2.06. The molecule has 0 aliphatic heterocycles. The molecular weight excluding hydrogens is 330 g/mol. The Hall–Kier alpha value is -2.21. The molecule has 5 nitrogen and oxygen atoms in total. The maximum atomic E-state index is 10.2. The van der Waals surface area contributed by atoms with Crippen molar-refractivity contribution in [1.82, 2.24) is 4.98 Å². The van der Waals surface area contributed by atoms with Crippen LogP contribution in [-0.2, 0) is 0 Å². The van der Waals surface area contributed by atoms with Crippen molar-refractivity contribution in [3.8, 4) is 22.6 Å². The van der Waals surface area contributed by atoms with Gasteiger partial charge in [0.2, 0.25) is 0 Å². The highest BCUT2D eigenvalue weighted by molar-refractivity contribution is 6.30. The lowest BCUT2D eigenvalue weighted by molar-refractivity contribution is 0.0943. The van der Waals surface area contributed by atoms with E-state index < -0.39 is 12.7 Å². The number of nitrogens with one attached hydrogen (secondary N) is 1. The van der Waals surface area contributed by atoms with Crippen LogP contribution in [0, 0.1) is 0 Å². The largest absolute Gasteiger partial charge is 0.496 e. The monoisotopic (exact) mass is 347 g/mol. The van der Waals surface area contributed by atoms with Gasteiger partial charge < -0.3 is 24.7 Å². The molecule has 1 aromatic heterocycles. The van der Waals surface area contributed by atoms with Gasteiger partial charge in [0.15, 0.2) is 0 Å². The van der Waals surface area contributed by atoms with Crippen LogP contribution in [0.2, 0.25) is 5.02 Å². The number of aliphatic hydroxyl groups excluding tert-OH is 2. The lowest BCUT2D eigenvalue weighted by atomic mass is 9.99. The minimum Gasteiger partial charge on any atom is -0.496 e. The average Bonchev–Trinajstić information content (AvgIpc) is 3.05. The summed E-state index contributed by atoms with van der Waals surface area (Å²) in [5.41, 5.74) is 3.03. The Balaban J connectivity index is 2.32. The number of halogens is 1. The number of hydrogen-bond acceptors (Lipinski definition) is 4. The first-order valence-corrected chi connectivity index (χ1v) is 7.79. The second-order valence-electron chi connectivity index (χ2n) is 5.35. The van der Waals surface area contributed by atoms with Gasteiger partial charge in [-0.3, -0.25) is 0 Å². The fourth-order valence-corrected chi connectivity index (χ4v) is 3.02. The predicted molar refractivity (Wildman–Crippen MR) is 93.9 cm³/mol. The predicted octanol–water partition coefficient (Wildman–Crippen LogP) is 3.53. The summed E-state index contributed by atoms with van der Waals surface area (Å²) < 4.78 is 10.9. The Labute approximate surface area is 144 Å². The number of fused-ring (bicyclic) bond motifs is 1. The Kier molecular flexibility index (Phi) is 4.66. The van der Waals surface area contributed by atoms with E-state index >= 15 is 0 Å². The Morgan fingerprint density at radius 2 is 1.79 bits per heavy atom. The van der Waals surface area contributed by atoms with Crippen molar-refractivity contribution in [2.24, 2.45) is 0 Å². The third-order valence-corrected chi connectivity index (χ3v) is 4.28. The van der Waals surface area contributed by atoms with E-state index in [-0.39, 0.29) is 0 Å². The average molecular weight is 348 g/mol. The fourth-order valence-electron chi connectivity index (χ4n) is 2.89. The topological polar surface area (TPSA) is 74.7 Å². The van der Waals surface area contributed by atoms with E-state index in [0.717, 1.165) is 16.5 Å². The number of methoxy groups -OCH3 is 2. The molecule has 2 aromatic carbocycles. The maximum Gasteiger partial charge on any atom is 0.132 e. The van der Waals surface area contributed by atoms with Crippen molar-refractivity contribution in [2.45, 2.75) is 6.10 Å². The molecule has 1 heterocycles. The third kappa shape index (κ3) is 2.71. The van der Waals surface area contributed by atoms with Crippen LogP contribution in [0.3, 0.4) is 0 Å². The zero-order chi connectivity index (χ0) is 17.3. The first kappa shape index (κ1) is 16.6. The normalized spacial score (nSPS) is 12.4. The summed E-state index contributed by atoms with van der Waals surface area (Å²) in [7, 11) is 3.09. The molecule has 0 bridgehead atoms. The van der Waals surface area contributed by atoms with E-state index in [0.29, 0.717) is 27.6 Å². The molecule has 0 radical (unpaired) electrons. The second kappa shape index (κ2) is 6.73. The van der Waals surface area contributed by atoms with Crippen LogP contribution in [0.1, 0.15) is 11.7 Å². The van der Waals surface area contributed by atoms with E-state index in [2.05, 4.69) is 4.98 Å². The molecule has 0 aliphatic carbocycles. The zero-order valence-corrected chi connectivity index (χ0v) is 14.1. The fraction of sp³-hybridized carbons (Fsp3) is 0.222. The molecule has 1 atom stereocenters. The summed E-state index contributed by atoms with van der Waals surface area (Å²) in [4.78, 5) is 3.17. The number of aliphatic hydroxyl groups is 2. The summed E-state index contributed by atoms with van der Waals surface area (Å²) in [6.07, 6.45) is 0.772. The molecule has 3 N–H and O–H groups in total. The third-order valence-electron chi connectivity index (χ3n) is 4.02. The molecule has 0 saturated carbocycles. The number of rotatable bonds is 5. The number of aromatic amines is 1. The smallest absolute Gasteiger partial charge is 0.132 e. The summed E-state index contributed by atoms with van der Waals surface area (Å²) in [6, 6.07) is 9.17. The Morgan fingerprint density at radius 3 is 2.38 bits per heavy atom. The van der Waals surface area contributed by atoms with Crippen molar-refractivity contribution in [1.29, 1.82) is 0 Å². The van der Waals surface area contributed by atoms with Gasteiger partial charge in [0.05, 0.1) is 26.3 Å². The number of H-pyrrole nitrogens is 1. The Morgan fingerprint density at radius 1 is 1.12 bits per heavy atom. The first-order chi connectivity index (χ1) is 11.6. The van der Waals surface area contributed by atoms with Gasteiger partial charge in [0.1, 0.15) is 17.6 Å². The molecule has 0 amide bonds. The molecule has 126 valence electrons. The van der Waals surface area contributed by atoms with E-state index in [9.17, 15) is 10.2 Å². The van der Waals surface area contributed by atoms with Crippen molar-refractivity contribution in [3.05, 3.63) is 47.1 Å².